The van der Waals surface area contributed by atoms with Gasteiger partial charge >= 0.3 is 0 Å². The van der Waals surface area contributed by atoms with E-state index in [1.54, 1.807) is 18.4 Å². The molecule has 1 fully saturated rings. The number of hydrogen-bond acceptors (Lipinski definition) is 6. The molecule has 116 valence electrons. The summed E-state index contributed by atoms with van der Waals surface area (Å²) >= 11 is 1.32. The largest absolute Gasteiger partial charge is 0.463 e. The molecule has 3 rings (SSSR count). The van der Waals surface area contributed by atoms with Crippen molar-refractivity contribution in [2.75, 3.05) is 13.2 Å². The van der Waals surface area contributed by atoms with Gasteiger partial charge in [0.05, 0.1) is 12.8 Å². The number of thiazole rings is 1. The van der Waals surface area contributed by atoms with Gasteiger partial charge in [-0.1, -0.05) is 0 Å². The van der Waals surface area contributed by atoms with Crippen LogP contribution in [0.25, 0.3) is 11.5 Å². The lowest BCUT2D eigenvalue weighted by Gasteiger charge is -2.20. The molecule has 1 aliphatic heterocycles. The van der Waals surface area contributed by atoms with E-state index in [0.717, 1.165) is 12.8 Å². The van der Waals surface area contributed by atoms with Crippen LogP contribution < -0.4 is 5.32 Å². The Balaban J connectivity index is 1.91. The number of furan rings is 1. The first-order chi connectivity index (χ1) is 10.8. The SMILES string of the molecule is O=CNCc1nc(-c2ccco2)c(C(=O)C2CCOCC2)s1. The van der Waals surface area contributed by atoms with Crippen LogP contribution in [0.3, 0.4) is 0 Å². The molecule has 1 saturated heterocycles. The van der Waals surface area contributed by atoms with Crippen LogP contribution in [0.4, 0.5) is 0 Å². The number of Topliss-reactive ketones (excluding diaryl/α,β-unsaturated/α-hetero) is 1. The van der Waals surface area contributed by atoms with Crippen molar-refractivity contribution in [1.29, 1.82) is 0 Å². The summed E-state index contributed by atoms with van der Waals surface area (Å²) in [5, 5.41) is 3.26. The average molecular weight is 320 g/mol. The highest BCUT2D eigenvalue weighted by Crippen LogP contribution is 2.32. The Hall–Kier alpha value is -1.99. The number of ketones is 1. The van der Waals surface area contributed by atoms with Gasteiger partial charge in [0, 0.05) is 19.1 Å². The quantitative estimate of drug-likeness (QED) is 0.652. The molecular formula is C15H16N2O4S. The van der Waals surface area contributed by atoms with E-state index < -0.39 is 0 Å². The first-order valence-electron chi connectivity index (χ1n) is 7.12. The van der Waals surface area contributed by atoms with Gasteiger partial charge in [-0.05, 0) is 25.0 Å². The Bertz CT molecular complexity index is 645. The van der Waals surface area contributed by atoms with Crippen LogP contribution in [0, 0.1) is 5.92 Å². The number of nitrogens with one attached hydrogen (secondary N) is 1. The first kappa shape index (κ1) is 14.9. The summed E-state index contributed by atoms with van der Waals surface area (Å²) < 4.78 is 10.7. The molecule has 0 saturated carbocycles. The third kappa shape index (κ3) is 3.10. The number of rotatable bonds is 6. The summed E-state index contributed by atoms with van der Waals surface area (Å²) in [5.41, 5.74) is 0.564. The van der Waals surface area contributed by atoms with E-state index in [4.69, 9.17) is 9.15 Å². The van der Waals surface area contributed by atoms with E-state index in [1.807, 2.05) is 0 Å². The molecule has 0 atom stereocenters. The maximum Gasteiger partial charge on any atom is 0.207 e. The number of aromatic nitrogens is 1. The highest BCUT2D eigenvalue weighted by atomic mass is 32.1. The predicted molar refractivity (Wildman–Crippen MR) is 80.6 cm³/mol. The molecule has 0 aromatic carbocycles. The minimum Gasteiger partial charge on any atom is -0.463 e. The number of nitrogens with zero attached hydrogens (tertiary/aromatic N) is 1. The minimum absolute atomic E-state index is 0.0326. The number of amides is 1. The second-order valence-corrected chi connectivity index (χ2v) is 6.10. The maximum atomic E-state index is 12.8. The third-order valence-electron chi connectivity index (χ3n) is 3.58. The van der Waals surface area contributed by atoms with Crippen molar-refractivity contribution in [2.45, 2.75) is 19.4 Å². The Labute approximate surface area is 131 Å². The number of carbonyl (C=O) groups is 2. The van der Waals surface area contributed by atoms with Crippen molar-refractivity contribution in [3.05, 3.63) is 28.3 Å². The van der Waals surface area contributed by atoms with Crippen molar-refractivity contribution in [3.8, 4) is 11.5 Å². The second-order valence-electron chi connectivity index (χ2n) is 5.01. The molecule has 2 aromatic heterocycles. The fraction of sp³-hybridized carbons (Fsp3) is 0.400. The zero-order valence-corrected chi connectivity index (χ0v) is 12.7. The summed E-state index contributed by atoms with van der Waals surface area (Å²) in [7, 11) is 0. The predicted octanol–water partition coefficient (Wildman–Crippen LogP) is 2.26. The molecule has 6 nitrogen and oxygen atoms in total. The van der Waals surface area contributed by atoms with Crippen LogP contribution in [0.5, 0.6) is 0 Å². The standard InChI is InChI=1S/C15H16N2O4S/c18-9-16-8-12-17-13(11-2-1-5-21-11)15(22-12)14(19)10-3-6-20-7-4-10/h1-2,5,9-10H,3-4,6-8H2,(H,16,18). The van der Waals surface area contributed by atoms with Gasteiger partial charge in [0.25, 0.3) is 0 Å². The van der Waals surface area contributed by atoms with Gasteiger partial charge in [-0.2, -0.15) is 0 Å². The maximum absolute atomic E-state index is 12.8. The lowest BCUT2D eigenvalue weighted by molar-refractivity contribution is -0.109. The molecule has 22 heavy (non-hydrogen) atoms. The zero-order valence-electron chi connectivity index (χ0n) is 11.9. The Morgan fingerprint density at radius 2 is 2.27 bits per heavy atom. The fourth-order valence-corrected chi connectivity index (χ4v) is 3.50. The minimum atomic E-state index is -0.0326. The summed E-state index contributed by atoms with van der Waals surface area (Å²) in [6.45, 7) is 1.54. The van der Waals surface area contributed by atoms with Gasteiger partial charge in [0.2, 0.25) is 6.41 Å². The van der Waals surface area contributed by atoms with E-state index in [-0.39, 0.29) is 11.7 Å². The summed E-state index contributed by atoms with van der Waals surface area (Å²) in [4.78, 5) is 28.3. The van der Waals surface area contributed by atoms with Gasteiger partial charge < -0.3 is 14.5 Å². The molecule has 1 amide bonds. The first-order valence-corrected chi connectivity index (χ1v) is 7.94. The van der Waals surface area contributed by atoms with Crippen molar-refractivity contribution in [2.24, 2.45) is 5.92 Å². The second kappa shape index (κ2) is 6.85. The van der Waals surface area contributed by atoms with Crippen LogP contribution in [0.2, 0.25) is 0 Å². The topological polar surface area (TPSA) is 81.4 Å². The molecule has 1 aliphatic rings. The highest BCUT2D eigenvalue weighted by Gasteiger charge is 2.28. The molecule has 7 heteroatoms. The van der Waals surface area contributed by atoms with Crippen molar-refractivity contribution in [1.82, 2.24) is 10.3 Å². The fourth-order valence-electron chi connectivity index (χ4n) is 2.46. The molecule has 0 aliphatic carbocycles. The molecule has 0 bridgehead atoms. The van der Waals surface area contributed by atoms with Crippen LogP contribution in [-0.2, 0) is 16.1 Å². The Morgan fingerprint density at radius 3 is 2.95 bits per heavy atom. The molecule has 0 radical (unpaired) electrons. The lowest BCUT2D eigenvalue weighted by Crippen LogP contribution is -2.23. The molecule has 0 unspecified atom stereocenters. The molecule has 1 N–H and O–H groups in total. The summed E-state index contributed by atoms with van der Waals surface area (Å²) in [6, 6.07) is 3.55. The van der Waals surface area contributed by atoms with Crippen molar-refractivity contribution in [3.63, 3.8) is 0 Å². The molecule has 2 aromatic rings. The summed E-state index contributed by atoms with van der Waals surface area (Å²) in [5.74, 6) is 0.628. The van der Waals surface area contributed by atoms with Gasteiger partial charge in [0.15, 0.2) is 11.5 Å². The van der Waals surface area contributed by atoms with E-state index in [2.05, 4.69) is 10.3 Å². The van der Waals surface area contributed by atoms with E-state index in [0.29, 0.717) is 47.5 Å². The van der Waals surface area contributed by atoms with E-state index in [9.17, 15) is 9.59 Å². The highest BCUT2D eigenvalue weighted by molar-refractivity contribution is 7.14. The van der Waals surface area contributed by atoms with Gasteiger partial charge in [-0.25, -0.2) is 4.98 Å². The van der Waals surface area contributed by atoms with Crippen molar-refractivity contribution >= 4 is 23.5 Å². The van der Waals surface area contributed by atoms with Crippen LogP contribution in [0.15, 0.2) is 22.8 Å². The number of ether oxygens (including phenoxy) is 1. The Morgan fingerprint density at radius 1 is 1.45 bits per heavy atom. The van der Waals surface area contributed by atoms with Crippen LogP contribution >= 0.6 is 11.3 Å². The van der Waals surface area contributed by atoms with Gasteiger partial charge in [-0.3, -0.25) is 9.59 Å². The molecular weight excluding hydrogens is 304 g/mol. The molecule has 0 spiro atoms. The third-order valence-corrected chi connectivity index (χ3v) is 4.65. The zero-order chi connectivity index (χ0) is 15.4. The number of hydrogen-bond donors (Lipinski definition) is 1. The average Bonchev–Trinajstić information content (AvgIpc) is 3.22. The smallest absolute Gasteiger partial charge is 0.207 e. The van der Waals surface area contributed by atoms with Crippen LogP contribution in [0.1, 0.15) is 27.5 Å². The normalized spacial score (nSPS) is 15.6. The van der Waals surface area contributed by atoms with Crippen molar-refractivity contribution < 1.29 is 18.7 Å². The monoisotopic (exact) mass is 320 g/mol. The molecule has 3 heterocycles. The van der Waals surface area contributed by atoms with E-state index >= 15 is 0 Å². The van der Waals surface area contributed by atoms with Crippen LogP contribution in [-0.4, -0.2) is 30.4 Å². The summed E-state index contributed by atoms with van der Waals surface area (Å²) in [6.07, 6.45) is 3.64. The van der Waals surface area contributed by atoms with Gasteiger partial charge in [0.1, 0.15) is 15.6 Å². The van der Waals surface area contributed by atoms with Gasteiger partial charge in [-0.15, -0.1) is 11.3 Å². The van der Waals surface area contributed by atoms with E-state index in [1.165, 1.54) is 11.3 Å². The number of carbonyl (C=O) groups excluding carboxylic acids is 2. The lowest BCUT2D eigenvalue weighted by atomic mass is 9.94. The Kier molecular flexibility index (Phi) is 4.65.